The summed E-state index contributed by atoms with van der Waals surface area (Å²) in [4.78, 5) is 22.5. The van der Waals surface area contributed by atoms with Crippen LogP contribution in [-0.4, -0.2) is 27.5 Å². The number of nitrogens with zero attached hydrogens (tertiary/aromatic N) is 3. The van der Waals surface area contributed by atoms with Crippen molar-refractivity contribution in [1.82, 2.24) is 9.97 Å². The number of carbonyl (C=O) groups excluding carboxylic acids is 1. The van der Waals surface area contributed by atoms with Gasteiger partial charge in [-0.05, 0) is 35.7 Å². The Hall–Kier alpha value is -3.78. The van der Waals surface area contributed by atoms with Crippen LogP contribution in [0, 0.1) is 0 Å². The third-order valence-corrected chi connectivity index (χ3v) is 5.24. The number of para-hydroxylation sites is 1. The van der Waals surface area contributed by atoms with Crippen LogP contribution in [0.2, 0.25) is 0 Å². The van der Waals surface area contributed by atoms with E-state index in [2.05, 4.69) is 9.97 Å². The number of aliphatic hydroxyl groups excluding tert-OH is 1. The van der Waals surface area contributed by atoms with Gasteiger partial charge in [-0.2, -0.15) is 13.2 Å². The van der Waals surface area contributed by atoms with Gasteiger partial charge in [-0.25, -0.2) is 0 Å². The van der Waals surface area contributed by atoms with E-state index in [9.17, 15) is 23.1 Å². The minimum absolute atomic E-state index is 0.121. The van der Waals surface area contributed by atoms with Gasteiger partial charge in [0.05, 0.1) is 17.4 Å². The predicted octanol–water partition coefficient (Wildman–Crippen LogP) is 4.96. The summed E-state index contributed by atoms with van der Waals surface area (Å²) in [5, 5.41) is 11.5. The fourth-order valence-corrected chi connectivity index (χ4v) is 3.48. The van der Waals surface area contributed by atoms with Crippen molar-refractivity contribution in [3.8, 4) is 0 Å². The van der Waals surface area contributed by atoms with Crippen LogP contribution in [0.4, 0.5) is 18.9 Å². The summed E-state index contributed by atoms with van der Waals surface area (Å²) in [6.07, 6.45) is -2.98. The maximum Gasteiger partial charge on any atom is 0.433 e. The molecule has 0 spiro atoms. The van der Waals surface area contributed by atoms with Gasteiger partial charge in [0.25, 0.3) is 5.91 Å². The Morgan fingerprint density at radius 3 is 2.36 bits per heavy atom. The molecule has 1 amide bonds. The van der Waals surface area contributed by atoms with Gasteiger partial charge in [0, 0.05) is 18.1 Å². The Morgan fingerprint density at radius 1 is 0.939 bits per heavy atom. The van der Waals surface area contributed by atoms with Gasteiger partial charge in [-0.3, -0.25) is 14.8 Å². The summed E-state index contributed by atoms with van der Waals surface area (Å²) in [5.41, 5.74) is 1.23. The lowest BCUT2D eigenvalue weighted by molar-refractivity contribution is -0.141. The molecule has 0 aliphatic heterocycles. The van der Waals surface area contributed by atoms with Gasteiger partial charge >= 0.3 is 6.18 Å². The van der Waals surface area contributed by atoms with E-state index in [1.165, 1.54) is 11.0 Å². The second-order valence-corrected chi connectivity index (χ2v) is 7.49. The van der Waals surface area contributed by atoms with Crippen LogP contribution in [0.15, 0.2) is 85.2 Å². The number of fused-ring (bicyclic) bond motifs is 1. The van der Waals surface area contributed by atoms with Gasteiger partial charge in [0.2, 0.25) is 0 Å². The van der Waals surface area contributed by atoms with Crippen molar-refractivity contribution in [3.05, 3.63) is 102 Å². The molecule has 0 aliphatic carbocycles. The van der Waals surface area contributed by atoms with E-state index >= 15 is 0 Å². The summed E-state index contributed by atoms with van der Waals surface area (Å²) in [6.45, 7) is 0.121. The molecular weight excluding hydrogens is 431 g/mol. The third kappa shape index (κ3) is 5.18. The Bertz CT molecular complexity index is 1250. The maximum atomic E-state index is 13.3. The topological polar surface area (TPSA) is 66.3 Å². The van der Waals surface area contributed by atoms with Crippen LogP contribution in [0.25, 0.3) is 10.9 Å². The second-order valence-electron chi connectivity index (χ2n) is 7.49. The monoisotopic (exact) mass is 451 g/mol. The lowest BCUT2D eigenvalue weighted by atomic mass is 10.1. The maximum absolute atomic E-state index is 13.3. The van der Waals surface area contributed by atoms with Crippen molar-refractivity contribution in [1.29, 1.82) is 0 Å². The van der Waals surface area contributed by atoms with Crippen LogP contribution in [0.1, 0.15) is 22.9 Å². The van der Waals surface area contributed by atoms with E-state index in [1.807, 2.05) is 24.3 Å². The highest BCUT2D eigenvalue weighted by atomic mass is 19.4. The first-order chi connectivity index (χ1) is 15.8. The Morgan fingerprint density at radius 2 is 1.67 bits per heavy atom. The van der Waals surface area contributed by atoms with Crippen molar-refractivity contribution in [2.45, 2.75) is 18.7 Å². The van der Waals surface area contributed by atoms with Crippen molar-refractivity contribution < 1.29 is 23.1 Å². The van der Waals surface area contributed by atoms with Gasteiger partial charge in [0.15, 0.2) is 6.10 Å². The quantitative estimate of drug-likeness (QED) is 0.450. The molecule has 1 N–H and O–H groups in total. The number of alkyl halides is 3. The number of benzene rings is 2. The summed E-state index contributed by atoms with van der Waals surface area (Å²) in [7, 11) is 0. The number of hydrogen-bond acceptors (Lipinski definition) is 4. The molecule has 0 bridgehead atoms. The second kappa shape index (κ2) is 9.38. The normalized spacial score (nSPS) is 12.5. The van der Waals surface area contributed by atoms with Crippen molar-refractivity contribution in [3.63, 3.8) is 0 Å². The summed E-state index contributed by atoms with van der Waals surface area (Å²) < 4.78 is 38.4. The highest BCUT2D eigenvalue weighted by Crippen LogP contribution is 2.28. The molecule has 2 aromatic carbocycles. The number of pyridine rings is 2. The molecule has 168 valence electrons. The number of halogens is 3. The van der Waals surface area contributed by atoms with Crippen LogP contribution in [0.3, 0.4) is 0 Å². The molecule has 0 aliphatic rings. The smallest absolute Gasteiger partial charge is 0.378 e. The van der Waals surface area contributed by atoms with E-state index in [4.69, 9.17) is 0 Å². The molecule has 33 heavy (non-hydrogen) atoms. The van der Waals surface area contributed by atoms with E-state index in [1.54, 1.807) is 42.6 Å². The molecule has 0 radical (unpaired) electrons. The largest absolute Gasteiger partial charge is 0.433 e. The molecular formula is C25H20F3N3O2. The van der Waals surface area contributed by atoms with Crippen LogP contribution < -0.4 is 4.90 Å². The zero-order valence-corrected chi connectivity index (χ0v) is 17.4. The number of carbonyl (C=O) groups is 1. The minimum atomic E-state index is -4.52. The fraction of sp³-hybridized carbons (Fsp3) is 0.160. The summed E-state index contributed by atoms with van der Waals surface area (Å²) in [6, 6.07) is 20.0. The van der Waals surface area contributed by atoms with Crippen LogP contribution >= 0.6 is 0 Å². The molecule has 0 saturated heterocycles. The first-order valence-corrected chi connectivity index (χ1v) is 10.2. The van der Waals surface area contributed by atoms with Gasteiger partial charge in [-0.1, -0.05) is 54.6 Å². The highest BCUT2D eigenvalue weighted by molar-refractivity contribution is 5.98. The first kappa shape index (κ1) is 22.4. The van der Waals surface area contributed by atoms with Crippen molar-refractivity contribution in [2.24, 2.45) is 0 Å². The van der Waals surface area contributed by atoms with E-state index in [0.29, 0.717) is 16.8 Å². The van der Waals surface area contributed by atoms with Crippen molar-refractivity contribution in [2.75, 3.05) is 11.4 Å². The van der Waals surface area contributed by atoms with Gasteiger partial charge in [-0.15, -0.1) is 0 Å². The average Bonchev–Trinajstić information content (AvgIpc) is 2.83. The lowest BCUT2D eigenvalue weighted by Crippen LogP contribution is -2.37. The van der Waals surface area contributed by atoms with Gasteiger partial charge in [0.1, 0.15) is 5.69 Å². The van der Waals surface area contributed by atoms with E-state index in [-0.39, 0.29) is 13.0 Å². The molecule has 2 heterocycles. The number of rotatable bonds is 6. The Kier molecular flexibility index (Phi) is 6.37. The Labute approximate surface area is 188 Å². The number of hydrogen-bond donors (Lipinski definition) is 1. The molecule has 2 aromatic heterocycles. The third-order valence-electron chi connectivity index (χ3n) is 5.24. The van der Waals surface area contributed by atoms with Gasteiger partial charge < -0.3 is 10.0 Å². The molecule has 4 rings (SSSR count). The number of aromatic nitrogens is 2. The van der Waals surface area contributed by atoms with Crippen LogP contribution in [0.5, 0.6) is 0 Å². The molecule has 0 fully saturated rings. The van der Waals surface area contributed by atoms with Crippen LogP contribution in [-0.2, 0) is 17.4 Å². The number of aliphatic hydroxyl groups is 1. The first-order valence-electron chi connectivity index (χ1n) is 10.2. The van der Waals surface area contributed by atoms with E-state index in [0.717, 1.165) is 23.2 Å². The summed E-state index contributed by atoms with van der Waals surface area (Å²) in [5.74, 6) is -0.557. The Balaban J connectivity index is 1.62. The molecule has 0 saturated carbocycles. The van der Waals surface area contributed by atoms with Crippen molar-refractivity contribution >= 4 is 22.5 Å². The fourth-order valence-electron chi connectivity index (χ4n) is 3.48. The standard InChI is InChI=1S/C25H20F3N3O2/c26-25(27,28)22-11-10-17(15-30-22)12-13-31(24(33)23(32)18-6-2-1-3-7-18)20-14-19-8-4-5-9-21(19)29-16-20/h1-11,14-16,23,32H,12-13H2/t23-/m0/s1. The van der Waals surface area contributed by atoms with E-state index < -0.39 is 23.9 Å². The molecule has 5 nitrogen and oxygen atoms in total. The molecule has 8 heteroatoms. The lowest BCUT2D eigenvalue weighted by Gasteiger charge is -2.25. The summed E-state index contributed by atoms with van der Waals surface area (Å²) >= 11 is 0. The number of amides is 1. The number of anilines is 1. The zero-order chi connectivity index (χ0) is 23.4. The molecule has 4 aromatic rings. The minimum Gasteiger partial charge on any atom is -0.378 e. The highest BCUT2D eigenvalue weighted by Gasteiger charge is 2.32. The molecule has 1 atom stereocenters. The zero-order valence-electron chi connectivity index (χ0n) is 17.4. The predicted molar refractivity (Wildman–Crippen MR) is 118 cm³/mol. The average molecular weight is 451 g/mol. The SMILES string of the molecule is O=C([C@@H](O)c1ccccc1)N(CCc1ccc(C(F)(F)F)nc1)c1cnc2ccccc2c1. The molecule has 0 unspecified atom stereocenters.